The van der Waals surface area contributed by atoms with Crippen molar-refractivity contribution < 1.29 is 9.90 Å². The van der Waals surface area contributed by atoms with E-state index in [0.717, 1.165) is 31.3 Å². The van der Waals surface area contributed by atoms with Gasteiger partial charge in [-0.15, -0.1) is 0 Å². The molecular formula is C16H30N2O2. The molecule has 0 spiro atoms. The lowest BCUT2D eigenvalue weighted by Crippen LogP contribution is -2.51. The van der Waals surface area contributed by atoms with E-state index in [0.29, 0.717) is 6.42 Å². The zero-order chi connectivity index (χ0) is 14.6. The predicted octanol–water partition coefficient (Wildman–Crippen LogP) is 2.34. The van der Waals surface area contributed by atoms with E-state index in [1.807, 2.05) is 6.92 Å². The van der Waals surface area contributed by atoms with E-state index in [1.54, 1.807) is 0 Å². The Hall–Kier alpha value is -0.610. The molecule has 2 aliphatic rings. The standard InChI is InChI=1S/C16H30N2O2/c1-3-9-17-16(2,15(19)20)8-10-18(11-13-4-5-13)12-14-6-7-14/h13-14,17H,3-12H2,1-2H3,(H,19,20). The van der Waals surface area contributed by atoms with Gasteiger partial charge >= 0.3 is 5.97 Å². The summed E-state index contributed by atoms with van der Waals surface area (Å²) in [7, 11) is 0. The molecule has 4 nitrogen and oxygen atoms in total. The summed E-state index contributed by atoms with van der Waals surface area (Å²) in [5, 5.41) is 12.7. The second-order valence-electron chi connectivity index (χ2n) is 6.96. The maximum Gasteiger partial charge on any atom is 0.323 e. The summed E-state index contributed by atoms with van der Waals surface area (Å²) in [5.41, 5.74) is -0.776. The fourth-order valence-corrected chi connectivity index (χ4v) is 2.64. The molecule has 2 rings (SSSR count). The van der Waals surface area contributed by atoms with Crippen LogP contribution in [0.15, 0.2) is 0 Å². The molecule has 0 amide bonds. The van der Waals surface area contributed by atoms with Gasteiger partial charge in [0.2, 0.25) is 0 Å². The minimum absolute atomic E-state index is 0.696. The van der Waals surface area contributed by atoms with Crippen LogP contribution in [-0.4, -0.2) is 47.7 Å². The van der Waals surface area contributed by atoms with E-state index in [1.165, 1.54) is 38.8 Å². The van der Waals surface area contributed by atoms with E-state index in [9.17, 15) is 9.90 Å². The summed E-state index contributed by atoms with van der Waals surface area (Å²) in [4.78, 5) is 14.0. The number of carboxylic acid groups (broad SMARTS) is 1. The highest BCUT2D eigenvalue weighted by atomic mass is 16.4. The van der Waals surface area contributed by atoms with Crippen molar-refractivity contribution in [1.82, 2.24) is 10.2 Å². The molecule has 2 fully saturated rings. The fraction of sp³-hybridized carbons (Fsp3) is 0.938. The first-order valence-electron chi connectivity index (χ1n) is 8.24. The number of carboxylic acids is 1. The lowest BCUT2D eigenvalue weighted by Gasteiger charge is -2.30. The van der Waals surface area contributed by atoms with Crippen molar-refractivity contribution >= 4 is 5.97 Å². The van der Waals surface area contributed by atoms with E-state index in [-0.39, 0.29) is 0 Å². The monoisotopic (exact) mass is 282 g/mol. The number of rotatable bonds is 11. The van der Waals surface area contributed by atoms with E-state index in [2.05, 4.69) is 17.1 Å². The highest BCUT2D eigenvalue weighted by Crippen LogP contribution is 2.34. The van der Waals surface area contributed by atoms with Crippen molar-refractivity contribution in [2.45, 2.75) is 57.9 Å². The first kappa shape index (κ1) is 15.8. The molecule has 0 saturated heterocycles. The summed E-state index contributed by atoms with van der Waals surface area (Å²) in [6.45, 7) is 7.94. The first-order chi connectivity index (χ1) is 9.53. The summed E-state index contributed by atoms with van der Waals surface area (Å²) in [6, 6.07) is 0. The summed E-state index contributed by atoms with van der Waals surface area (Å²) in [5.74, 6) is 1.05. The largest absolute Gasteiger partial charge is 0.480 e. The molecule has 0 aliphatic heterocycles. The Labute approximate surface area is 122 Å². The second kappa shape index (κ2) is 6.90. The van der Waals surface area contributed by atoms with Crippen LogP contribution in [0.1, 0.15) is 52.4 Å². The molecular weight excluding hydrogens is 252 g/mol. The van der Waals surface area contributed by atoms with Gasteiger partial charge in [0.05, 0.1) is 0 Å². The summed E-state index contributed by atoms with van der Waals surface area (Å²) in [6.07, 6.45) is 7.13. The Morgan fingerprint density at radius 1 is 1.25 bits per heavy atom. The van der Waals surface area contributed by atoms with Crippen molar-refractivity contribution in [3.63, 3.8) is 0 Å². The number of hydrogen-bond acceptors (Lipinski definition) is 3. The molecule has 2 saturated carbocycles. The molecule has 0 aromatic heterocycles. The van der Waals surface area contributed by atoms with Gasteiger partial charge in [0.15, 0.2) is 0 Å². The third-order valence-corrected chi connectivity index (χ3v) is 4.59. The van der Waals surface area contributed by atoms with Gasteiger partial charge in [-0.2, -0.15) is 0 Å². The molecule has 1 atom stereocenters. The minimum atomic E-state index is -0.776. The molecule has 0 heterocycles. The van der Waals surface area contributed by atoms with E-state index in [4.69, 9.17) is 0 Å². The van der Waals surface area contributed by atoms with Gasteiger partial charge in [-0.1, -0.05) is 6.92 Å². The zero-order valence-electron chi connectivity index (χ0n) is 13.0. The first-order valence-corrected chi connectivity index (χ1v) is 8.24. The Bertz CT molecular complexity index is 312. The van der Waals surface area contributed by atoms with Gasteiger partial charge in [-0.25, -0.2) is 0 Å². The molecule has 0 bridgehead atoms. The lowest BCUT2D eigenvalue weighted by molar-refractivity contribution is -0.144. The van der Waals surface area contributed by atoms with Crippen LogP contribution in [0.25, 0.3) is 0 Å². The Morgan fingerprint density at radius 2 is 1.80 bits per heavy atom. The number of nitrogens with one attached hydrogen (secondary N) is 1. The molecule has 0 aromatic rings. The van der Waals surface area contributed by atoms with Crippen LogP contribution in [0.2, 0.25) is 0 Å². The highest BCUT2D eigenvalue weighted by molar-refractivity contribution is 5.78. The molecule has 1 unspecified atom stereocenters. The third-order valence-electron chi connectivity index (χ3n) is 4.59. The van der Waals surface area contributed by atoms with Gasteiger partial charge in [-0.05, 0) is 63.8 Å². The van der Waals surface area contributed by atoms with Crippen LogP contribution >= 0.6 is 0 Å². The van der Waals surface area contributed by atoms with Gasteiger partial charge in [0.1, 0.15) is 5.54 Å². The van der Waals surface area contributed by atoms with Gasteiger partial charge in [0, 0.05) is 19.6 Å². The minimum Gasteiger partial charge on any atom is -0.480 e. The van der Waals surface area contributed by atoms with Crippen LogP contribution in [0.4, 0.5) is 0 Å². The topological polar surface area (TPSA) is 52.6 Å². The van der Waals surface area contributed by atoms with Crippen LogP contribution in [-0.2, 0) is 4.79 Å². The fourth-order valence-electron chi connectivity index (χ4n) is 2.64. The average molecular weight is 282 g/mol. The van der Waals surface area contributed by atoms with Crippen LogP contribution in [0.3, 0.4) is 0 Å². The van der Waals surface area contributed by atoms with Crippen LogP contribution in [0, 0.1) is 11.8 Å². The maximum atomic E-state index is 11.5. The Balaban J connectivity index is 1.81. The summed E-state index contributed by atoms with van der Waals surface area (Å²) >= 11 is 0. The van der Waals surface area contributed by atoms with Crippen LogP contribution in [0.5, 0.6) is 0 Å². The molecule has 4 heteroatoms. The SMILES string of the molecule is CCCNC(C)(CCN(CC1CC1)CC1CC1)C(=O)O. The smallest absolute Gasteiger partial charge is 0.323 e. The Morgan fingerprint density at radius 3 is 2.20 bits per heavy atom. The molecule has 0 radical (unpaired) electrons. The molecule has 20 heavy (non-hydrogen) atoms. The van der Waals surface area contributed by atoms with Crippen molar-refractivity contribution in [2.75, 3.05) is 26.2 Å². The van der Waals surface area contributed by atoms with Crippen molar-refractivity contribution in [2.24, 2.45) is 11.8 Å². The van der Waals surface area contributed by atoms with Crippen molar-refractivity contribution in [3.8, 4) is 0 Å². The zero-order valence-corrected chi connectivity index (χ0v) is 13.0. The predicted molar refractivity (Wildman–Crippen MR) is 80.8 cm³/mol. The maximum absolute atomic E-state index is 11.5. The van der Waals surface area contributed by atoms with Gasteiger partial charge < -0.3 is 15.3 Å². The molecule has 116 valence electrons. The van der Waals surface area contributed by atoms with Gasteiger partial charge in [-0.3, -0.25) is 4.79 Å². The lowest BCUT2D eigenvalue weighted by atomic mass is 9.97. The third kappa shape index (κ3) is 5.06. The van der Waals surface area contributed by atoms with Crippen molar-refractivity contribution in [1.29, 1.82) is 0 Å². The number of nitrogens with zero attached hydrogens (tertiary/aromatic N) is 1. The van der Waals surface area contributed by atoms with E-state index < -0.39 is 11.5 Å². The average Bonchev–Trinajstić information content (AvgIpc) is 3.29. The quantitative estimate of drug-likeness (QED) is 0.611. The molecule has 0 aromatic carbocycles. The summed E-state index contributed by atoms with van der Waals surface area (Å²) < 4.78 is 0. The van der Waals surface area contributed by atoms with Crippen LogP contribution < -0.4 is 5.32 Å². The highest BCUT2D eigenvalue weighted by Gasteiger charge is 2.34. The number of aliphatic carboxylic acids is 1. The molecule has 2 aliphatic carbocycles. The number of carbonyl (C=O) groups is 1. The Kier molecular flexibility index (Phi) is 5.44. The normalized spacial score (nSPS) is 21.9. The number of hydrogen-bond donors (Lipinski definition) is 2. The van der Waals surface area contributed by atoms with Gasteiger partial charge in [0.25, 0.3) is 0 Å². The van der Waals surface area contributed by atoms with Crippen molar-refractivity contribution in [3.05, 3.63) is 0 Å². The molecule has 2 N–H and O–H groups in total. The van der Waals surface area contributed by atoms with E-state index >= 15 is 0 Å². The second-order valence-corrected chi connectivity index (χ2v) is 6.96.